The SMILES string of the molecule is CCCOc1ccc(CNC(=O)Cn2nc(C)n3c(cc4occc43)c2=O)cc1. The van der Waals surface area contributed by atoms with Crippen LogP contribution in [0.3, 0.4) is 0 Å². The first-order valence-corrected chi connectivity index (χ1v) is 9.51. The number of amides is 1. The van der Waals surface area contributed by atoms with Crippen LogP contribution in [0.4, 0.5) is 0 Å². The molecule has 0 unspecified atom stereocenters. The molecule has 0 bridgehead atoms. The molecule has 0 saturated carbocycles. The van der Waals surface area contributed by atoms with Gasteiger partial charge in [-0.1, -0.05) is 19.1 Å². The van der Waals surface area contributed by atoms with Crippen molar-refractivity contribution in [1.82, 2.24) is 19.5 Å². The molecule has 0 atom stereocenters. The van der Waals surface area contributed by atoms with Crippen LogP contribution in [0.15, 0.2) is 51.9 Å². The zero-order chi connectivity index (χ0) is 20.4. The van der Waals surface area contributed by atoms with Crippen molar-refractivity contribution < 1.29 is 13.9 Å². The fourth-order valence-electron chi connectivity index (χ4n) is 3.25. The number of ether oxygens (including phenoxy) is 1. The average Bonchev–Trinajstić information content (AvgIpc) is 3.31. The molecule has 1 N–H and O–H groups in total. The molecule has 0 fully saturated rings. The van der Waals surface area contributed by atoms with Gasteiger partial charge in [-0.2, -0.15) is 5.10 Å². The van der Waals surface area contributed by atoms with E-state index in [2.05, 4.69) is 17.3 Å². The van der Waals surface area contributed by atoms with E-state index >= 15 is 0 Å². The molecule has 8 heteroatoms. The van der Waals surface area contributed by atoms with Gasteiger partial charge < -0.3 is 14.5 Å². The van der Waals surface area contributed by atoms with Crippen molar-refractivity contribution in [3.8, 4) is 5.75 Å². The summed E-state index contributed by atoms with van der Waals surface area (Å²) < 4.78 is 13.8. The first-order chi connectivity index (χ1) is 14.1. The average molecular weight is 394 g/mol. The number of carbonyl (C=O) groups is 1. The topological polar surface area (TPSA) is 90.8 Å². The molecule has 1 amide bonds. The Balaban J connectivity index is 1.45. The minimum absolute atomic E-state index is 0.152. The first-order valence-electron chi connectivity index (χ1n) is 9.51. The molecule has 3 heterocycles. The van der Waals surface area contributed by atoms with E-state index in [-0.39, 0.29) is 18.0 Å². The summed E-state index contributed by atoms with van der Waals surface area (Å²) in [7, 11) is 0. The monoisotopic (exact) mass is 394 g/mol. The zero-order valence-electron chi connectivity index (χ0n) is 16.3. The highest BCUT2D eigenvalue weighted by Gasteiger charge is 2.15. The lowest BCUT2D eigenvalue weighted by Gasteiger charge is -2.10. The van der Waals surface area contributed by atoms with E-state index in [0.29, 0.717) is 30.1 Å². The summed E-state index contributed by atoms with van der Waals surface area (Å²) in [6.07, 6.45) is 2.52. The van der Waals surface area contributed by atoms with Crippen molar-refractivity contribution in [2.45, 2.75) is 33.4 Å². The number of carbonyl (C=O) groups excluding carboxylic acids is 1. The third kappa shape index (κ3) is 3.73. The van der Waals surface area contributed by atoms with Crippen LogP contribution in [-0.2, 0) is 17.9 Å². The van der Waals surface area contributed by atoms with Gasteiger partial charge in [-0.25, -0.2) is 4.68 Å². The van der Waals surface area contributed by atoms with Crippen molar-refractivity contribution in [2.24, 2.45) is 0 Å². The molecule has 0 radical (unpaired) electrons. The number of fused-ring (bicyclic) bond motifs is 3. The Morgan fingerprint density at radius 1 is 1.21 bits per heavy atom. The van der Waals surface area contributed by atoms with E-state index in [9.17, 15) is 9.59 Å². The third-order valence-corrected chi connectivity index (χ3v) is 4.64. The van der Waals surface area contributed by atoms with E-state index in [1.54, 1.807) is 29.7 Å². The van der Waals surface area contributed by atoms with Gasteiger partial charge in [-0.3, -0.25) is 14.0 Å². The number of furan rings is 1. The minimum Gasteiger partial charge on any atom is -0.494 e. The highest BCUT2D eigenvalue weighted by atomic mass is 16.5. The van der Waals surface area contributed by atoms with Gasteiger partial charge in [-0.15, -0.1) is 0 Å². The van der Waals surface area contributed by atoms with Gasteiger partial charge in [0.25, 0.3) is 5.56 Å². The molecule has 4 rings (SSSR count). The molecule has 8 nitrogen and oxygen atoms in total. The maximum atomic E-state index is 12.7. The molecule has 29 heavy (non-hydrogen) atoms. The highest BCUT2D eigenvalue weighted by molar-refractivity contribution is 5.82. The maximum absolute atomic E-state index is 12.7. The van der Waals surface area contributed by atoms with Gasteiger partial charge in [-0.05, 0) is 31.0 Å². The standard InChI is InChI=1S/C21H22N4O4/c1-3-9-28-16-6-4-15(5-7-16)12-22-20(26)13-24-21(27)18-11-19-17(8-10-29-19)25(18)14(2)23-24/h4-8,10-11H,3,9,12-13H2,1-2H3,(H,22,26). The number of benzene rings is 1. The second kappa shape index (κ2) is 7.83. The number of hydrogen-bond acceptors (Lipinski definition) is 5. The van der Waals surface area contributed by atoms with Gasteiger partial charge in [0.2, 0.25) is 5.91 Å². The smallest absolute Gasteiger partial charge is 0.291 e. The molecule has 3 aromatic heterocycles. The largest absolute Gasteiger partial charge is 0.494 e. The van der Waals surface area contributed by atoms with Crippen LogP contribution in [0.25, 0.3) is 16.6 Å². The molecule has 4 aromatic rings. The van der Waals surface area contributed by atoms with E-state index in [4.69, 9.17) is 9.15 Å². The van der Waals surface area contributed by atoms with Crippen molar-refractivity contribution in [3.63, 3.8) is 0 Å². The number of aryl methyl sites for hydroxylation is 1. The van der Waals surface area contributed by atoms with E-state index in [1.807, 2.05) is 24.3 Å². The number of aromatic nitrogens is 3. The summed E-state index contributed by atoms with van der Waals surface area (Å²) in [6.45, 7) is 4.73. The number of nitrogens with zero attached hydrogens (tertiary/aromatic N) is 3. The van der Waals surface area contributed by atoms with Crippen LogP contribution in [-0.4, -0.2) is 26.7 Å². The Labute approximate surface area is 166 Å². The van der Waals surface area contributed by atoms with Gasteiger partial charge in [0.05, 0.1) is 18.4 Å². The molecule has 0 saturated heterocycles. The van der Waals surface area contributed by atoms with E-state index in [0.717, 1.165) is 23.3 Å². The molecular formula is C21H22N4O4. The molecule has 0 spiro atoms. The quantitative estimate of drug-likeness (QED) is 0.520. The maximum Gasteiger partial charge on any atom is 0.291 e. The Morgan fingerprint density at radius 3 is 2.76 bits per heavy atom. The summed E-state index contributed by atoms with van der Waals surface area (Å²) >= 11 is 0. The number of rotatable bonds is 7. The Hall–Kier alpha value is -3.55. The van der Waals surface area contributed by atoms with Crippen molar-refractivity contribution in [3.05, 3.63) is 64.4 Å². The molecule has 0 aliphatic rings. The van der Waals surface area contributed by atoms with Crippen LogP contribution in [0.1, 0.15) is 24.7 Å². The summed E-state index contributed by atoms with van der Waals surface area (Å²) in [5.74, 6) is 1.12. The molecule has 1 aromatic carbocycles. The normalized spacial score (nSPS) is 11.2. The van der Waals surface area contributed by atoms with Crippen molar-refractivity contribution in [2.75, 3.05) is 6.61 Å². The van der Waals surface area contributed by atoms with Crippen LogP contribution >= 0.6 is 0 Å². The lowest BCUT2D eigenvalue weighted by Crippen LogP contribution is -2.34. The van der Waals surface area contributed by atoms with Crippen LogP contribution < -0.4 is 15.6 Å². The van der Waals surface area contributed by atoms with Gasteiger partial charge in [0, 0.05) is 18.7 Å². The fourth-order valence-corrected chi connectivity index (χ4v) is 3.25. The second-order valence-corrected chi connectivity index (χ2v) is 6.81. The first kappa shape index (κ1) is 18.8. The van der Waals surface area contributed by atoms with Gasteiger partial charge in [0.15, 0.2) is 5.58 Å². The van der Waals surface area contributed by atoms with Crippen LogP contribution in [0.5, 0.6) is 5.75 Å². The summed E-state index contributed by atoms with van der Waals surface area (Å²) in [5.41, 5.74) is 2.43. The van der Waals surface area contributed by atoms with Crippen molar-refractivity contribution >= 4 is 22.5 Å². The Kier molecular flexibility index (Phi) is 5.07. The minimum atomic E-state index is -0.338. The second-order valence-electron chi connectivity index (χ2n) is 6.81. The van der Waals surface area contributed by atoms with E-state index < -0.39 is 0 Å². The van der Waals surface area contributed by atoms with Crippen LogP contribution in [0, 0.1) is 6.92 Å². The molecule has 0 aliphatic carbocycles. The van der Waals surface area contributed by atoms with Gasteiger partial charge >= 0.3 is 0 Å². The van der Waals surface area contributed by atoms with E-state index in [1.165, 1.54) is 4.68 Å². The summed E-state index contributed by atoms with van der Waals surface area (Å²) in [6, 6.07) is 11.0. The zero-order valence-corrected chi connectivity index (χ0v) is 16.3. The highest BCUT2D eigenvalue weighted by Crippen LogP contribution is 2.19. The lowest BCUT2D eigenvalue weighted by molar-refractivity contribution is -0.122. The summed E-state index contributed by atoms with van der Waals surface area (Å²) in [4.78, 5) is 25.1. The number of hydrogen-bond donors (Lipinski definition) is 1. The van der Waals surface area contributed by atoms with Crippen molar-refractivity contribution in [1.29, 1.82) is 0 Å². The lowest BCUT2D eigenvalue weighted by atomic mass is 10.2. The molecule has 150 valence electrons. The fraction of sp³-hybridized carbons (Fsp3) is 0.286. The predicted octanol–water partition coefficient (Wildman–Crippen LogP) is 2.66. The predicted molar refractivity (Wildman–Crippen MR) is 108 cm³/mol. The Morgan fingerprint density at radius 2 is 2.00 bits per heavy atom. The Bertz CT molecular complexity index is 1220. The summed E-state index contributed by atoms with van der Waals surface area (Å²) in [5, 5.41) is 7.11. The molecule has 0 aliphatic heterocycles. The van der Waals surface area contributed by atoms with Crippen LogP contribution in [0.2, 0.25) is 0 Å². The van der Waals surface area contributed by atoms with Gasteiger partial charge in [0.1, 0.15) is 23.6 Å². The molecular weight excluding hydrogens is 372 g/mol. The number of nitrogens with one attached hydrogen (secondary N) is 1. The third-order valence-electron chi connectivity index (χ3n) is 4.64.